The maximum Gasteiger partial charge on any atom is 0.224 e. The summed E-state index contributed by atoms with van der Waals surface area (Å²) in [6, 6.07) is 3.85. The molecule has 9 heteroatoms. The number of hydrogen-bond donors (Lipinski definition) is 4. The van der Waals surface area contributed by atoms with E-state index in [1.807, 2.05) is 32.9 Å². The Morgan fingerprint density at radius 1 is 1.12 bits per heavy atom. The number of nitrogens with zero attached hydrogens (tertiary/aromatic N) is 3. The van der Waals surface area contributed by atoms with Gasteiger partial charge in [-0.05, 0) is 58.4 Å². The Bertz CT molecular complexity index is 1180. The number of aliphatic hydroxyl groups is 2. The Hall–Kier alpha value is -2.91. The summed E-state index contributed by atoms with van der Waals surface area (Å²) in [4.78, 5) is 14.0. The van der Waals surface area contributed by atoms with E-state index < -0.39 is 6.10 Å². The van der Waals surface area contributed by atoms with Gasteiger partial charge in [0.05, 0.1) is 29.7 Å². The summed E-state index contributed by atoms with van der Waals surface area (Å²) in [5, 5.41) is 27.7. The summed E-state index contributed by atoms with van der Waals surface area (Å²) in [6.07, 6.45) is 3.19. The third kappa shape index (κ3) is 4.67. The molecule has 0 aromatic carbocycles. The van der Waals surface area contributed by atoms with Gasteiger partial charge >= 0.3 is 0 Å². The van der Waals surface area contributed by atoms with Gasteiger partial charge in [0, 0.05) is 36.6 Å². The number of rotatable bonds is 9. The number of fused-ring (bicyclic) bond motifs is 1. The van der Waals surface area contributed by atoms with Crippen LogP contribution >= 0.6 is 0 Å². The minimum Gasteiger partial charge on any atom is -0.478 e. The van der Waals surface area contributed by atoms with Crippen molar-refractivity contribution in [3.05, 3.63) is 23.5 Å². The fourth-order valence-electron chi connectivity index (χ4n) is 4.74. The largest absolute Gasteiger partial charge is 0.478 e. The van der Waals surface area contributed by atoms with Crippen molar-refractivity contribution in [1.29, 1.82) is 0 Å². The first kappa shape index (κ1) is 22.9. The lowest BCUT2D eigenvalue weighted by Gasteiger charge is -2.18. The molecule has 0 spiro atoms. The Morgan fingerprint density at radius 2 is 1.94 bits per heavy atom. The lowest BCUT2D eigenvalue weighted by atomic mass is 10.1. The van der Waals surface area contributed by atoms with Gasteiger partial charge in [-0.25, -0.2) is 9.97 Å². The Kier molecular flexibility index (Phi) is 6.31. The lowest BCUT2D eigenvalue weighted by molar-refractivity contribution is 0.0908. The first-order valence-electron chi connectivity index (χ1n) is 12.2. The number of hydrogen-bond acceptors (Lipinski definition) is 9. The van der Waals surface area contributed by atoms with Crippen molar-refractivity contribution in [3.63, 3.8) is 0 Å². The lowest BCUT2D eigenvalue weighted by Crippen LogP contribution is -2.19. The van der Waals surface area contributed by atoms with Crippen molar-refractivity contribution in [1.82, 2.24) is 15.0 Å². The fraction of sp³-hybridized carbons (Fsp3) is 0.560. The minimum atomic E-state index is -0.529. The van der Waals surface area contributed by atoms with Crippen molar-refractivity contribution in [3.8, 4) is 17.2 Å². The molecule has 2 aliphatic carbocycles. The molecule has 2 saturated carbocycles. The van der Waals surface area contributed by atoms with Crippen LogP contribution in [-0.4, -0.2) is 57.1 Å². The molecule has 0 bridgehead atoms. The van der Waals surface area contributed by atoms with Crippen LogP contribution in [0.3, 0.4) is 0 Å². The van der Waals surface area contributed by atoms with Crippen molar-refractivity contribution in [2.75, 3.05) is 30.4 Å². The Morgan fingerprint density at radius 3 is 2.65 bits per heavy atom. The number of nitrogens with one attached hydrogen (secondary N) is 2. The van der Waals surface area contributed by atoms with Crippen LogP contribution in [-0.2, 0) is 0 Å². The van der Waals surface area contributed by atoms with E-state index in [2.05, 4.69) is 15.6 Å². The molecule has 0 saturated heterocycles. The van der Waals surface area contributed by atoms with Gasteiger partial charge in [0.2, 0.25) is 11.8 Å². The van der Waals surface area contributed by atoms with Crippen LogP contribution in [0, 0.1) is 25.7 Å². The molecule has 3 atom stereocenters. The molecule has 0 unspecified atom stereocenters. The Balaban J connectivity index is 1.52. The molecular weight excluding hydrogens is 434 g/mol. The standard InChI is InChI=1S/C25H33N5O4/c1-4-33-21-9-16-8-20(34-23(16)14(3)27-21)22-13(2)28-25(26-11-15-5-6-15)30-24(22)29-18-7-17(12-31)19(32)10-18/h8-9,15,17-19,31-32H,4-7,10-12H2,1-3H3,(H2,26,28,29,30)/t17-,18-,19+/m1/s1. The van der Waals surface area contributed by atoms with Crippen molar-refractivity contribution >= 4 is 22.7 Å². The number of ether oxygens (including phenoxy) is 1. The zero-order valence-corrected chi connectivity index (χ0v) is 20.0. The highest BCUT2D eigenvalue weighted by Gasteiger charge is 2.33. The maximum atomic E-state index is 10.3. The number of furan rings is 1. The second-order valence-electron chi connectivity index (χ2n) is 9.51. The maximum absolute atomic E-state index is 10.3. The summed E-state index contributed by atoms with van der Waals surface area (Å²) >= 11 is 0. The summed E-state index contributed by atoms with van der Waals surface area (Å²) in [5.41, 5.74) is 3.04. The van der Waals surface area contributed by atoms with Crippen LogP contribution in [0.5, 0.6) is 5.88 Å². The third-order valence-electron chi connectivity index (χ3n) is 6.75. The van der Waals surface area contributed by atoms with Crippen LogP contribution in [0.2, 0.25) is 0 Å². The second-order valence-corrected chi connectivity index (χ2v) is 9.51. The van der Waals surface area contributed by atoms with Crippen LogP contribution < -0.4 is 15.4 Å². The van der Waals surface area contributed by atoms with Gasteiger partial charge in [0.15, 0.2) is 5.58 Å². The van der Waals surface area contributed by atoms with Crippen LogP contribution in [0.4, 0.5) is 11.8 Å². The third-order valence-corrected chi connectivity index (χ3v) is 6.75. The molecule has 5 rings (SSSR count). The van der Waals surface area contributed by atoms with Crippen LogP contribution in [0.25, 0.3) is 22.3 Å². The zero-order valence-electron chi connectivity index (χ0n) is 20.0. The fourth-order valence-corrected chi connectivity index (χ4v) is 4.74. The summed E-state index contributed by atoms with van der Waals surface area (Å²) < 4.78 is 11.9. The van der Waals surface area contributed by atoms with Crippen LogP contribution in [0.15, 0.2) is 16.5 Å². The van der Waals surface area contributed by atoms with Crippen molar-refractivity contribution in [2.45, 2.75) is 58.6 Å². The first-order valence-corrected chi connectivity index (χ1v) is 12.2. The molecule has 0 radical (unpaired) electrons. The van der Waals surface area contributed by atoms with E-state index in [-0.39, 0.29) is 18.6 Å². The topological polar surface area (TPSA) is 126 Å². The molecule has 182 valence electrons. The second kappa shape index (κ2) is 9.38. The van der Waals surface area contributed by atoms with Crippen molar-refractivity contribution in [2.24, 2.45) is 11.8 Å². The molecule has 34 heavy (non-hydrogen) atoms. The average molecular weight is 468 g/mol. The predicted octanol–water partition coefficient (Wildman–Crippen LogP) is 3.67. The molecule has 3 aromatic rings. The summed E-state index contributed by atoms with van der Waals surface area (Å²) in [7, 11) is 0. The highest BCUT2D eigenvalue weighted by atomic mass is 16.5. The number of pyridine rings is 1. The van der Waals surface area contributed by atoms with E-state index in [9.17, 15) is 10.2 Å². The monoisotopic (exact) mass is 467 g/mol. The van der Waals surface area contributed by atoms with Gasteiger partial charge in [-0.2, -0.15) is 4.98 Å². The van der Waals surface area contributed by atoms with Gasteiger partial charge in [-0.1, -0.05) is 0 Å². The van der Waals surface area contributed by atoms with E-state index in [0.717, 1.165) is 28.9 Å². The molecule has 3 heterocycles. The average Bonchev–Trinajstić information content (AvgIpc) is 3.42. The smallest absolute Gasteiger partial charge is 0.224 e. The first-order chi connectivity index (χ1) is 16.4. The Labute approximate surface area is 199 Å². The van der Waals surface area contributed by atoms with Crippen molar-refractivity contribution < 1.29 is 19.4 Å². The molecule has 3 aromatic heterocycles. The molecule has 0 amide bonds. The molecular formula is C25H33N5O4. The normalized spacial score (nSPS) is 22.3. The highest BCUT2D eigenvalue weighted by Crippen LogP contribution is 2.38. The van der Waals surface area contributed by atoms with E-state index in [0.29, 0.717) is 54.4 Å². The predicted molar refractivity (Wildman–Crippen MR) is 130 cm³/mol. The van der Waals surface area contributed by atoms with E-state index in [1.165, 1.54) is 12.8 Å². The van der Waals surface area contributed by atoms with E-state index in [4.69, 9.17) is 19.1 Å². The molecule has 4 N–H and O–H groups in total. The molecule has 0 aliphatic heterocycles. The molecule has 2 aliphatic rings. The van der Waals surface area contributed by atoms with E-state index >= 15 is 0 Å². The van der Waals surface area contributed by atoms with Gasteiger partial charge < -0.3 is 30.0 Å². The van der Waals surface area contributed by atoms with Crippen LogP contribution in [0.1, 0.15) is 44.0 Å². The number of anilines is 2. The van der Waals surface area contributed by atoms with Gasteiger partial charge in [0.25, 0.3) is 0 Å². The summed E-state index contributed by atoms with van der Waals surface area (Å²) in [5.74, 6) is 3.03. The quantitative estimate of drug-likeness (QED) is 0.373. The van der Waals surface area contributed by atoms with Gasteiger partial charge in [-0.3, -0.25) is 0 Å². The van der Waals surface area contributed by atoms with Gasteiger partial charge in [-0.15, -0.1) is 0 Å². The molecule has 2 fully saturated rings. The molecule has 9 nitrogen and oxygen atoms in total. The zero-order chi connectivity index (χ0) is 23.8. The minimum absolute atomic E-state index is 0.00572. The van der Waals surface area contributed by atoms with E-state index in [1.54, 1.807) is 0 Å². The van der Waals surface area contributed by atoms with Gasteiger partial charge in [0.1, 0.15) is 11.6 Å². The number of aliphatic hydroxyl groups excluding tert-OH is 2. The highest BCUT2D eigenvalue weighted by molar-refractivity contribution is 5.88. The number of aromatic nitrogens is 3. The SMILES string of the molecule is CCOc1cc2cc(-c3c(C)nc(NCC4CC4)nc3N[C@@H]3C[C@H](CO)[C@@H](O)C3)oc2c(C)n1. The summed E-state index contributed by atoms with van der Waals surface area (Å²) in [6.45, 7) is 7.17. The number of aryl methyl sites for hydroxylation is 2.